The summed E-state index contributed by atoms with van der Waals surface area (Å²) in [6, 6.07) is 6.79. The molecule has 0 heterocycles. The van der Waals surface area contributed by atoms with Gasteiger partial charge in [0.15, 0.2) is 0 Å². The highest BCUT2D eigenvalue weighted by molar-refractivity contribution is 5.87. The summed E-state index contributed by atoms with van der Waals surface area (Å²) < 4.78 is 5.04. The van der Waals surface area contributed by atoms with Crippen LogP contribution in [0.3, 0.4) is 0 Å². The van der Waals surface area contributed by atoms with Crippen LogP contribution in [0.1, 0.15) is 54.9 Å². The van der Waals surface area contributed by atoms with E-state index >= 15 is 0 Å². The summed E-state index contributed by atoms with van der Waals surface area (Å²) in [4.78, 5) is 22.5. The number of aliphatic hydroxyl groups excluding tert-OH is 1. The molecule has 1 unspecified atom stereocenters. The molecular formula is C19H26O5. The number of carboxylic acids is 1. The molecule has 0 spiro atoms. The maximum absolute atomic E-state index is 11.7. The molecule has 2 N–H and O–H groups in total. The van der Waals surface area contributed by atoms with Gasteiger partial charge in [0, 0.05) is 6.61 Å². The predicted molar refractivity (Wildman–Crippen MR) is 89.8 cm³/mol. The van der Waals surface area contributed by atoms with Crippen molar-refractivity contribution >= 4 is 11.9 Å². The van der Waals surface area contributed by atoms with Crippen LogP contribution in [0.25, 0.3) is 0 Å². The summed E-state index contributed by atoms with van der Waals surface area (Å²) in [5.74, 6) is -0.935. The number of esters is 1. The molecule has 1 aromatic rings. The van der Waals surface area contributed by atoms with Gasteiger partial charge >= 0.3 is 11.9 Å². The number of benzene rings is 1. The summed E-state index contributed by atoms with van der Waals surface area (Å²) in [6.45, 7) is 2.32. The molecule has 0 amide bonds. The Morgan fingerprint density at radius 1 is 1.25 bits per heavy atom. The van der Waals surface area contributed by atoms with Crippen LogP contribution in [0.4, 0.5) is 0 Å². The van der Waals surface area contributed by atoms with Crippen molar-refractivity contribution in [2.45, 2.75) is 45.4 Å². The van der Waals surface area contributed by atoms with Gasteiger partial charge in [-0.3, -0.25) is 4.79 Å². The molecular weight excluding hydrogens is 308 g/mol. The van der Waals surface area contributed by atoms with Gasteiger partial charge in [0.2, 0.25) is 0 Å². The lowest BCUT2D eigenvalue weighted by Gasteiger charge is -2.19. The van der Waals surface area contributed by atoms with Crippen molar-refractivity contribution in [2.24, 2.45) is 11.3 Å². The van der Waals surface area contributed by atoms with Crippen molar-refractivity contribution in [3.05, 3.63) is 35.4 Å². The summed E-state index contributed by atoms with van der Waals surface area (Å²) in [5.41, 5.74) is 1.37. The van der Waals surface area contributed by atoms with Crippen molar-refractivity contribution in [2.75, 3.05) is 13.2 Å². The van der Waals surface area contributed by atoms with Crippen LogP contribution >= 0.6 is 0 Å². The zero-order valence-corrected chi connectivity index (χ0v) is 14.2. The predicted octanol–water partition coefficient (Wildman–Crippen LogP) is 3.05. The standard InChI is InChI=1S/C19H26O5/c1-2-24-17(21)12-19(9-10-19)8-7-15(13-20)11-14-3-5-16(6-4-14)18(22)23/h3-6,15,20H,2,7-13H2,1H3,(H,22,23). The van der Waals surface area contributed by atoms with Gasteiger partial charge in [-0.05, 0) is 68.1 Å². The zero-order chi connectivity index (χ0) is 17.6. The van der Waals surface area contributed by atoms with Crippen molar-refractivity contribution in [1.29, 1.82) is 0 Å². The number of aromatic carboxylic acids is 1. The van der Waals surface area contributed by atoms with Crippen LogP contribution in [0.15, 0.2) is 24.3 Å². The molecule has 24 heavy (non-hydrogen) atoms. The van der Waals surface area contributed by atoms with Gasteiger partial charge in [-0.25, -0.2) is 4.79 Å². The molecule has 0 aromatic heterocycles. The number of carboxylic acid groups (broad SMARTS) is 1. The maximum Gasteiger partial charge on any atom is 0.335 e. The fourth-order valence-electron chi connectivity index (χ4n) is 3.10. The SMILES string of the molecule is CCOC(=O)CC1(CCC(CO)Cc2ccc(C(=O)O)cc2)CC1. The molecule has 1 atom stereocenters. The Bertz CT molecular complexity index is 560. The van der Waals surface area contributed by atoms with Crippen LogP contribution in [-0.2, 0) is 16.0 Å². The third-order valence-electron chi connectivity index (χ3n) is 4.85. The van der Waals surface area contributed by atoms with Crippen LogP contribution in [-0.4, -0.2) is 35.4 Å². The van der Waals surface area contributed by atoms with Gasteiger partial charge in [0.05, 0.1) is 18.6 Å². The van der Waals surface area contributed by atoms with Crippen molar-refractivity contribution in [3.63, 3.8) is 0 Å². The second-order valence-corrected chi connectivity index (χ2v) is 6.78. The number of carbonyl (C=O) groups is 2. The zero-order valence-electron chi connectivity index (χ0n) is 14.2. The van der Waals surface area contributed by atoms with Crippen molar-refractivity contribution < 1.29 is 24.5 Å². The first-order valence-corrected chi connectivity index (χ1v) is 8.57. The minimum Gasteiger partial charge on any atom is -0.478 e. The number of hydrogen-bond acceptors (Lipinski definition) is 4. The quantitative estimate of drug-likeness (QED) is 0.643. The van der Waals surface area contributed by atoms with Gasteiger partial charge in [0.1, 0.15) is 0 Å². The minimum atomic E-state index is -0.935. The summed E-state index contributed by atoms with van der Waals surface area (Å²) >= 11 is 0. The highest BCUT2D eigenvalue weighted by atomic mass is 16.5. The third-order valence-corrected chi connectivity index (χ3v) is 4.85. The molecule has 1 aromatic carbocycles. The van der Waals surface area contributed by atoms with Crippen LogP contribution in [0, 0.1) is 11.3 Å². The number of hydrogen-bond donors (Lipinski definition) is 2. The first-order valence-electron chi connectivity index (χ1n) is 8.57. The second kappa shape index (κ2) is 8.29. The number of ether oxygens (including phenoxy) is 1. The van der Waals surface area contributed by atoms with E-state index in [1.165, 1.54) is 0 Å². The van der Waals surface area contributed by atoms with E-state index in [4.69, 9.17) is 9.84 Å². The molecule has 5 nitrogen and oxygen atoms in total. The van der Waals surface area contributed by atoms with E-state index in [1.54, 1.807) is 24.3 Å². The Morgan fingerprint density at radius 3 is 2.42 bits per heavy atom. The average molecular weight is 334 g/mol. The Hall–Kier alpha value is -1.88. The van der Waals surface area contributed by atoms with E-state index in [9.17, 15) is 14.7 Å². The van der Waals surface area contributed by atoms with E-state index in [1.807, 2.05) is 6.92 Å². The lowest BCUT2D eigenvalue weighted by atomic mass is 9.88. The van der Waals surface area contributed by atoms with Gasteiger partial charge in [-0.15, -0.1) is 0 Å². The minimum absolute atomic E-state index is 0.0762. The first-order chi connectivity index (χ1) is 11.5. The molecule has 2 rings (SSSR count). The average Bonchev–Trinajstić information content (AvgIpc) is 3.31. The summed E-state index contributed by atoms with van der Waals surface area (Å²) in [7, 11) is 0. The van der Waals surface area contributed by atoms with E-state index in [2.05, 4.69) is 0 Å². The summed E-state index contributed by atoms with van der Waals surface area (Å²) in [5, 5.41) is 18.5. The van der Waals surface area contributed by atoms with Gasteiger partial charge in [-0.2, -0.15) is 0 Å². The molecule has 0 bridgehead atoms. The Balaban J connectivity index is 1.84. The molecule has 132 valence electrons. The van der Waals surface area contributed by atoms with Gasteiger partial charge in [-0.1, -0.05) is 12.1 Å². The fourth-order valence-corrected chi connectivity index (χ4v) is 3.10. The number of aliphatic hydroxyl groups is 1. The van der Waals surface area contributed by atoms with Crippen LogP contribution in [0.2, 0.25) is 0 Å². The fraction of sp³-hybridized carbons (Fsp3) is 0.579. The van der Waals surface area contributed by atoms with Crippen LogP contribution in [0.5, 0.6) is 0 Å². The molecule has 1 saturated carbocycles. The molecule has 1 aliphatic carbocycles. The third kappa shape index (κ3) is 5.34. The van der Waals surface area contributed by atoms with E-state index in [0.717, 1.165) is 31.2 Å². The normalized spacial score (nSPS) is 16.4. The molecule has 0 aliphatic heterocycles. The van der Waals surface area contributed by atoms with Crippen molar-refractivity contribution in [3.8, 4) is 0 Å². The largest absolute Gasteiger partial charge is 0.478 e. The second-order valence-electron chi connectivity index (χ2n) is 6.78. The number of carbonyl (C=O) groups excluding carboxylic acids is 1. The highest BCUT2D eigenvalue weighted by Crippen LogP contribution is 2.53. The monoisotopic (exact) mass is 334 g/mol. The lowest BCUT2D eigenvalue weighted by Crippen LogP contribution is -2.16. The summed E-state index contributed by atoms with van der Waals surface area (Å²) in [6.07, 6.45) is 5.08. The molecule has 5 heteroatoms. The highest BCUT2D eigenvalue weighted by Gasteiger charge is 2.44. The van der Waals surface area contributed by atoms with E-state index < -0.39 is 5.97 Å². The van der Waals surface area contributed by atoms with Crippen LogP contribution < -0.4 is 0 Å². The Morgan fingerprint density at radius 2 is 1.92 bits per heavy atom. The lowest BCUT2D eigenvalue weighted by molar-refractivity contribution is -0.144. The molecule has 1 aliphatic rings. The molecule has 1 fully saturated rings. The smallest absolute Gasteiger partial charge is 0.335 e. The van der Waals surface area contributed by atoms with E-state index in [-0.39, 0.29) is 29.5 Å². The maximum atomic E-state index is 11.7. The molecule has 0 radical (unpaired) electrons. The number of rotatable bonds is 10. The molecule has 0 saturated heterocycles. The van der Waals surface area contributed by atoms with Crippen molar-refractivity contribution in [1.82, 2.24) is 0 Å². The Kier molecular flexibility index (Phi) is 6.37. The topological polar surface area (TPSA) is 83.8 Å². The van der Waals surface area contributed by atoms with Gasteiger partial charge in [0.25, 0.3) is 0 Å². The van der Waals surface area contributed by atoms with E-state index in [0.29, 0.717) is 19.4 Å². The first kappa shape index (κ1) is 18.5. The van der Waals surface area contributed by atoms with Gasteiger partial charge < -0.3 is 14.9 Å². The Labute approximate surface area is 142 Å².